The van der Waals surface area contributed by atoms with E-state index in [2.05, 4.69) is 15.1 Å². The molecule has 2 rings (SSSR count). The van der Waals surface area contributed by atoms with Crippen molar-refractivity contribution in [3.63, 3.8) is 0 Å². The molecule has 0 saturated carbocycles. The summed E-state index contributed by atoms with van der Waals surface area (Å²) >= 11 is 0. The molecule has 13 heavy (non-hydrogen) atoms. The van der Waals surface area contributed by atoms with E-state index in [1.165, 1.54) is 10.7 Å². The molecule has 0 radical (unpaired) electrons. The zero-order chi connectivity index (χ0) is 9.47. The van der Waals surface area contributed by atoms with Crippen LogP contribution in [0.2, 0.25) is 0 Å². The monoisotopic (exact) mass is 184 g/mol. The van der Waals surface area contributed by atoms with Gasteiger partial charge in [-0.15, -0.1) is 0 Å². The number of imidazole rings is 1. The Kier molecular flexibility index (Phi) is 1.51. The van der Waals surface area contributed by atoms with E-state index in [0.717, 1.165) is 13.1 Å². The molecule has 0 aliphatic heterocycles. The zero-order valence-corrected chi connectivity index (χ0v) is 6.78. The van der Waals surface area contributed by atoms with E-state index in [-0.39, 0.29) is 11.5 Å². The maximum atomic E-state index is 12.7. The third-order valence-corrected chi connectivity index (χ3v) is 1.58. The molecule has 68 valence electrons. The number of halogens is 2. The lowest BCUT2D eigenvalue weighted by Gasteiger charge is -2.07. The van der Waals surface area contributed by atoms with Crippen molar-refractivity contribution in [1.29, 1.82) is 0 Å². The van der Waals surface area contributed by atoms with Crippen LogP contribution in [0.25, 0.3) is 5.78 Å². The molecule has 0 fully saturated rings. The number of nitrogens with zero attached hydrogens (tertiary/aromatic N) is 4. The Bertz CT molecular complexity index is 431. The summed E-state index contributed by atoms with van der Waals surface area (Å²) < 4.78 is 26.8. The van der Waals surface area contributed by atoms with Crippen molar-refractivity contribution in [2.24, 2.45) is 0 Å². The van der Waals surface area contributed by atoms with Crippen LogP contribution < -0.4 is 0 Å². The summed E-state index contributed by atoms with van der Waals surface area (Å²) in [5.74, 6) is -2.79. The van der Waals surface area contributed by atoms with Crippen molar-refractivity contribution in [2.45, 2.75) is 12.8 Å². The number of hydrogen-bond acceptors (Lipinski definition) is 3. The molecule has 0 saturated heterocycles. The van der Waals surface area contributed by atoms with Gasteiger partial charge >= 0.3 is 0 Å². The van der Waals surface area contributed by atoms with E-state index in [4.69, 9.17) is 0 Å². The van der Waals surface area contributed by atoms with Crippen LogP contribution in [0.4, 0.5) is 8.78 Å². The standard InChI is InChI=1S/C7H6F2N4/c1-7(8,9)5-4-11-13-3-2-10-6(13)12-5/h2-4H,1H3. The Balaban J connectivity index is 2.61. The van der Waals surface area contributed by atoms with Crippen molar-refractivity contribution >= 4 is 5.78 Å². The molecule has 0 amide bonds. The number of fused-ring (bicyclic) bond motifs is 1. The lowest BCUT2D eigenvalue weighted by Crippen LogP contribution is -2.11. The smallest absolute Gasteiger partial charge is 0.218 e. The summed E-state index contributed by atoms with van der Waals surface area (Å²) in [5, 5.41) is 3.72. The second kappa shape index (κ2) is 2.45. The Hall–Kier alpha value is -1.59. The molecule has 0 aromatic carbocycles. The van der Waals surface area contributed by atoms with E-state index in [0.29, 0.717) is 0 Å². The maximum absolute atomic E-state index is 12.7. The fourth-order valence-corrected chi connectivity index (χ4v) is 0.924. The molecule has 6 heteroatoms. The van der Waals surface area contributed by atoms with Gasteiger partial charge in [0.15, 0.2) is 0 Å². The summed E-state index contributed by atoms with van der Waals surface area (Å²) in [6.45, 7) is 0.774. The number of alkyl halides is 2. The van der Waals surface area contributed by atoms with Crippen LogP contribution in [0.3, 0.4) is 0 Å². The minimum Gasteiger partial charge on any atom is -0.218 e. The Morgan fingerprint density at radius 2 is 2.23 bits per heavy atom. The van der Waals surface area contributed by atoms with Gasteiger partial charge in [0, 0.05) is 13.1 Å². The molecule has 2 heterocycles. The van der Waals surface area contributed by atoms with Crippen LogP contribution in [0.1, 0.15) is 12.6 Å². The van der Waals surface area contributed by atoms with Crippen molar-refractivity contribution < 1.29 is 8.78 Å². The van der Waals surface area contributed by atoms with Crippen LogP contribution in [0.15, 0.2) is 18.6 Å². The van der Waals surface area contributed by atoms with Gasteiger partial charge in [0.05, 0.1) is 12.4 Å². The van der Waals surface area contributed by atoms with Gasteiger partial charge in [0.1, 0.15) is 5.69 Å². The Morgan fingerprint density at radius 1 is 1.46 bits per heavy atom. The van der Waals surface area contributed by atoms with Crippen LogP contribution in [-0.4, -0.2) is 19.6 Å². The van der Waals surface area contributed by atoms with Crippen molar-refractivity contribution in [1.82, 2.24) is 19.6 Å². The highest BCUT2D eigenvalue weighted by atomic mass is 19.3. The third kappa shape index (κ3) is 1.34. The van der Waals surface area contributed by atoms with Gasteiger partial charge in [0.25, 0.3) is 11.7 Å². The van der Waals surface area contributed by atoms with E-state index in [1.54, 1.807) is 6.20 Å². The average Bonchev–Trinajstić information content (AvgIpc) is 2.47. The first kappa shape index (κ1) is 8.03. The fraction of sp³-hybridized carbons (Fsp3) is 0.286. The van der Waals surface area contributed by atoms with E-state index in [1.807, 2.05) is 0 Å². The Morgan fingerprint density at radius 3 is 2.92 bits per heavy atom. The first-order valence-corrected chi connectivity index (χ1v) is 3.62. The molecule has 0 spiro atoms. The third-order valence-electron chi connectivity index (χ3n) is 1.58. The maximum Gasteiger partial charge on any atom is 0.288 e. The molecule has 0 aliphatic rings. The van der Waals surface area contributed by atoms with E-state index >= 15 is 0 Å². The zero-order valence-electron chi connectivity index (χ0n) is 6.78. The summed E-state index contributed by atoms with van der Waals surface area (Å²) in [5.41, 5.74) is -0.369. The predicted molar refractivity (Wildman–Crippen MR) is 40.4 cm³/mol. The van der Waals surface area contributed by atoms with E-state index in [9.17, 15) is 8.78 Å². The second-order valence-electron chi connectivity index (χ2n) is 2.70. The van der Waals surface area contributed by atoms with Gasteiger partial charge < -0.3 is 0 Å². The second-order valence-corrected chi connectivity index (χ2v) is 2.70. The summed E-state index contributed by atoms with van der Waals surface area (Å²) in [6.07, 6.45) is 4.03. The van der Waals surface area contributed by atoms with Crippen LogP contribution >= 0.6 is 0 Å². The van der Waals surface area contributed by atoms with Crippen LogP contribution in [0, 0.1) is 0 Å². The van der Waals surface area contributed by atoms with Gasteiger partial charge in [-0.3, -0.25) is 0 Å². The molecule has 0 bridgehead atoms. The fourth-order valence-electron chi connectivity index (χ4n) is 0.924. The highest BCUT2D eigenvalue weighted by Gasteiger charge is 2.27. The van der Waals surface area contributed by atoms with Crippen molar-refractivity contribution in [3.05, 3.63) is 24.3 Å². The lowest BCUT2D eigenvalue weighted by atomic mass is 10.3. The highest BCUT2D eigenvalue weighted by molar-refractivity contribution is 5.26. The molecule has 0 N–H and O–H groups in total. The van der Waals surface area contributed by atoms with Gasteiger partial charge in [-0.1, -0.05) is 0 Å². The minimum absolute atomic E-state index is 0.180. The SMILES string of the molecule is CC(F)(F)c1cnn2ccnc2n1. The average molecular weight is 184 g/mol. The van der Waals surface area contributed by atoms with Gasteiger partial charge in [0.2, 0.25) is 0 Å². The molecule has 4 nitrogen and oxygen atoms in total. The predicted octanol–water partition coefficient (Wildman–Crippen LogP) is 1.24. The molecular weight excluding hydrogens is 178 g/mol. The molecule has 0 atom stereocenters. The number of hydrogen-bond donors (Lipinski definition) is 0. The summed E-state index contributed by atoms with van der Waals surface area (Å²) in [4.78, 5) is 7.39. The normalized spacial score (nSPS) is 12.2. The quantitative estimate of drug-likeness (QED) is 0.669. The largest absolute Gasteiger partial charge is 0.288 e. The Labute approximate surface area is 72.2 Å². The van der Waals surface area contributed by atoms with Crippen LogP contribution in [0.5, 0.6) is 0 Å². The minimum atomic E-state index is -2.97. The number of aromatic nitrogens is 4. The lowest BCUT2D eigenvalue weighted by molar-refractivity contribution is 0.0123. The van der Waals surface area contributed by atoms with Gasteiger partial charge in [-0.2, -0.15) is 13.9 Å². The summed E-state index contributed by atoms with van der Waals surface area (Å²) in [7, 11) is 0. The molecule has 0 unspecified atom stereocenters. The van der Waals surface area contributed by atoms with E-state index < -0.39 is 5.92 Å². The first-order valence-electron chi connectivity index (χ1n) is 3.62. The van der Waals surface area contributed by atoms with Crippen molar-refractivity contribution in [2.75, 3.05) is 0 Å². The van der Waals surface area contributed by atoms with Crippen molar-refractivity contribution in [3.8, 4) is 0 Å². The van der Waals surface area contributed by atoms with Gasteiger partial charge in [-0.05, 0) is 0 Å². The topological polar surface area (TPSA) is 43.1 Å². The first-order chi connectivity index (χ1) is 6.07. The molecule has 2 aromatic rings. The number of rotatable bonds is 1. The summed E-state index contributed by atoms with van der Waals surface area (Å²) in [6, 6.07) is 0. The molecular formula is C7H6F2N4. The van der Waals surface area contributed by atoms with Gasteiger partial charge in [-0.25, -0.2) is 14.5 Å². The molecule has 0 aliphatic carbocycles. The van der Waals surface area contributed by atoms with Crippen LogP contribution in [-0.2, 0) is 5.92 Å². The molecule has 2 aromatic heterocycles. The highest BCUT2D eigenvalue weighted by Crippen LogP contribution is 2.23.